The predicted octanol–water partition coefficient (Wildman–Crippen LogP) is 1.82. The zero-order chi connectivity index (χ0) is 13.4. The molecule has 0 bridgehead atoms. The maximum absolute atomic E-state index is 9.24. The van der Waals surface area contributed by atoms with E-state index in [1.165, 1.54) is 0 Å². The molecule has 5 nitrogen and oxygen atoms in total. The summed E-state index contributed by atoms with van der Waals surface area (Å²) < 4.78 is 0. The molecular formula is C12H22N4OS. The molecule has 2 unspecified atom stereocenters. The third-order valence-electron chi connectivity index (χ3n) is 2.64. The number of hydrogen-bond acceptors (Lipinski definition) is 6. The minimum Gasteiger partial charge on any atom is -0.395 e. The molecule has 0 spiro atoms. The van der Waals surface area contributed by atoms with Gasteiger partial charge in [0, 0.05) is 23.9 Å². The van der Waals surface area contributed by atoms with Crippen LogP contribution in [0, 0.1) is 0 Å². The van der Waals surface area contributed by atoms with Gasteiger partial charge in [-0.25, -0.2) is 9.97 Å². The Kier molecular flexibility index (Phi) is 6.82. The Labute approximate surface area is 113 Å². The van der Waals surface area contributed by atoms with Crippen LogP contribution in [0.5, 0.6) is 0 Å². The van der Waals surface area contributed by atoms with Crippen LogP contribution in [0.15, 0.2) is 12.4 Å². The zero-order valence-corrected chi connectivity index (χ0v) is 12.0. The molecule has 0 aliphatic heterocycles. The summed E-state index contributed by atoms with van der Waals surface area (Å²) in [5, 5.41) is 15.9. The summed E-state index contributed by atoms with van der Waals surface area (Å²) in [7, 11) is 0. The largest absolute Gasteiger partial charge is 0.395 e. The Balaban J connectivity index is 2.60. The van der Waals surface area contributed by atoms with Crippen molar-refractivity contribution in [1.82, 2.24) is 9.97 Å². The van der Waals surface area contributed by atoms with Crippen molar-refractivity contribution in [1.29, 1.82) is 0 Å². The van der Waals surface area contributed by atoms with E-state index in [1.54, 1.807) is 18.1 Å². The highest BCUT2D eigenvalue weighted by Gasteiger charge is 2.15. The molecule has 0 saturated heterocycles. The summed E-state index contributed by atoms with van der Waals surface area (Å²) in [5.41, 5.74) is 0. The molecule has 3 N–H and O–H groups in total. The first kappa shape index (κ1) is 15.0. The number of aliphatic hydroxyl groups excluding tert-OH is 1. The normalized spacial score (nSPS) is 14.0. The molecule has 0 radical (unpaired) electrons. The molecule has 102 valence electrons. The van der Waals surface area contributed by atoms with Gasteiger partial charge in [-0.05, 0) is 19.6 Å². The molecule has 1 aromatic rings. The fraction of sp³-hybridized carbons (Fsp3) is 0.667. The van der Waals surface area contributed by atoms with Crippen molar-refractivity contribution in [2.75, 3.05) is 30.0 Å². The monoisotopic (exact) mass is 270 g/mol. The highest BCUT2D eigenvalue weighted by atomic mass is 32.2. The van der Waals surface area contributed by atoms with Crippen LogP contribution in [-0.4, -0.2) is 45.8 Å². The lowest BCUT2D eigenvalue weighted by molar-refractivity contribution is 0.288. The number of aromatic nitrogens is 2. The van der Waals surface area contributed by atoms with Gasteiger partial charge < -0.3 is 15.7 Å². The SMILES string of the molecule is CCCNc1cc(NC(C)C(CO)SC)ncn1. The van der Waals surface area contributed by atoms with Gasteiger partial charge in [0.05, 0.1) is 6.61 Å². The van der Waals surface area contributed by atoms with Crippen molar-refractivity contribution in [2.45, 2.75) is 31.6 Å². The van der Waals surface area contributed by atoms with E-state index < -0.39 is 0 Å². The summed E-state index contributed by atoms with van der Waals surface area (Å²) in [5.74, 6) is 1.61. The quantitative estimate of drug-likeness (QED) is 0.669. The number of aliphatic hydroxyl groups is 1. The summed E-state index contributed by atoms with van der Waals surface area (Å²) in [6, 6.07) is 2.04. The lowest BCUT2D eigenvalue weighted by atomic mass is 10.2. The average molecular weight is 270 g/mol. The third kappa shape index (κ3) is 4.70. The Morgan fingerprint density at radius 3 is 2.72 bits per heavy atom. The molecule has 18 heavy (non-hydrogen) atoms. The minimum absolute atomic E-state index is 0.152. The van der Waals surface area contributed by atoms with Crippen molar-refractivity contribution in [2.24, 2.45) is 0 Å². The maximum Gasteiger partial charge on any atom is 0.131 e. The van der Waals surface area contributed by atoms with Gasteiger partial charge >= 0.3 is 0 Å². The lowest BCUT2D eigenvalue weighted by Crippen LogP contribution is -2.31. The maximum atomic E-state index is 9.24. The molecule has 1 aromatic heterocycles. The van der Waals surface area contributed by atoms with Crippen molar-refractivity contribution < 1.29 is 5.11 Å². The molecule has 2 atom stereocenters. The van der Waals surface area contributed by atoms with Crippen LogP contribution in [0.3, 0.4) is 0 Å². The Morgan fingerprint density at radius 2 is 2.11 bits per heavy atom. The summed E-state index contributed by atoms with van der Waals surface area (Å²) >= 11 is 1.64. The first-order valence-electron chi connectivity index (χ1n) is 6.17. The van der Waals surface area contributed by atoms with Crippen molar-refractivity contribution in [3.8, 4) is 0 Å². The minimum atomic E-state index is 0.152. The molecule has 1 rings (SSSR count). The standard InChI is InChI=1S/C12H22N4OS/c1-4-5-13-11-6-12(15-8-14-11)16-9(2)10(7-17)18-3/h6,8-10,17H,4-5,7H2,1-3H3,(H2,13,14,15,16). The number of rotatable bonds is 8. The molecular weight excluding hydrogens is 248 g/mol. The topological polar surface area (TPSA) is 70.1 Å². The van der Waals surface area contributed by atoms with Gasteiger partial charge in [-0.1, -0.05) is 6.92 Å². The number of anilines is 2. The summed E-state index contributed by atoms with van der Waals surface area (Å²) in [4.78, 5) is 8.34. The van der Waals surface area contributed by atoms with Crippen LogP contribution in [-0.2, 0) is 0 Å². The van der Waals surface area contributed by atoms with Gasteiger partial charge in [-0.3, -0.25) is 0 Å². The highest BCUT2D eigenvalue weighted by molar-refractivity contribution is 7.99. The lowest BCUT2D eigenvalue weighted by Gasteiger charge is -2.21. The first-order valence-corrected chi connectivity index (χ1v) is 7.46. The third-order valence-corrected chi connectivity index (χ3v) is 3.80. The van der Waals surface area contributed by atoms with Crippen LogP contribution in [0.2, 0.25) is 0 Å². The number of hydrogen-bond donors (Lipinski definition) is 3. The van der Waals surface area contributed by atoms with E-state index in [4.69, 9.17) is 0 Å². The van der Waals surface area contributed by atoms with E-state index in [1.807, 2.05) is 19.2 Å². The van der Waals surface area contributed by atoms with Crippen LogP contribution in [0.1, 0.15) is 20.3 Å². The molecule has 0 aliphatic carbocycles. The van der Waals surface area contributed by atoms with Gasteiger partial charge in [0.15, 0.2) is 0 Å². The Morgan fingerprint density at radius 1 is 1.39 bits per heavy atom. The van der Waals surface area contributed by atoms with E-state index in [2.05, 4.69) is 27.5 Å². The second kappa shape index (κ2) is 8.16. The molecule has 0 amide bonds. The van der Waals surface area contributed by atoms with Crippen molar-refractivity contribution >= 4 is 23.4 Å². The van der Waals surface area contributed by atoms with Crippen LogP contribution in [0.4, 0.5) is 11.6 Å². The fourth-order valence-corrected chi connectivity index (χ4v) is 2.17. The molecule has 1 heterocycles. The first-order chi connectivity index (χ1) is 8.71. The molecule has 0 saturated carbocycles. The molecule has 6 heteroatoms. The number of nitrogens with one attached hydrogen (secondary N) is 2. The average Bonchev–Trinajstić information content (AvgIpc) is 2.38. The van der Waals surface area contributed by atoms with Gasteiger partial charge in [0.1, 0.15) is 18.0 Å². The van der Waals surface area contributed by atoms with Gasteiger partial charge in [0.2, 0.25) is 0 Å². The summed E-state index contributed by atoms with van der Waals surface area (Å²) in [6.45, 7) is 5.20. The summed E-state index contributed by atoms with van der Waals surface area (Å²) in [6.07, 6.45) is 4.59. The van der Waals surface area contributed by atoms with Gasteiger partial charge in [0.25, 0.3) is 0 Å². The second-order valence-corrected chi connectivity index (χ2v) is 5.18. The molecule has 0 aliphatic rings. The van der Waals surface area contributed by atoms with Crippen LogP contribution in [0.25, 0.3) is 0 Å². The van der Waals surface area contributed by atoms with Gasteiger partial charge in [-0.2, -0.15) is 11.8 Å². The predicted molar refractivity (Wildman–Crippen MR) is 78.3 cm³/mol. The molecule has 0 fully saturated rings. The van der Waals surface area contributed by atoms with E-state index >= 15 is 0 Å². The Hall–Kier alpha value is -1.01. The highest BCUT2D eigenvalue weighted by Crippen LogP contribution is 2.16. The second-order valence-electron chi connectivity index (χ2n) is 4.11. The van der Waals surface area contributed by atoms with E-state index in [-0.39, 0.29) is 17.9 Å². The van der Waals surface area contributed by atoms with Crippen molar-refractivity contribution in [3.63, 3.8) is 0 Å². The van der Waals surface area contributed by atoms with E-state index in [9.17, 15) is 5.11 Å². The van der Waals surface area contributed by atoms with Crippen LogP contribution >= 0.6 is 11.8 Å². The zero-order valence-electron chi connectivity index (χ0n) is 11.2. The number of thioether (sulfide) groups is 1. The molecule has 0 aromatic carbocycles. The Bertz CT molecular complexity index is 347. The van der Waals surface area contributed by atoms with Gasteiger partial charge in [-0.15, -0.1) is 0 Å². The van der Waals surface area contributed by atoms with E-state index in [0.29, 0.717) is 0 Å². The van der Waals surface area contributed by atoms with E-state index in [0.717, 1.165) is 24.6 Å². The van der Waals surface area contributed by atoms with Crippen molar-refractivity contribution in [3.05, 3.63) is 12.4 Å². The smallest absolute Gasteiger partial charge is 0.131 e. The number of nitrogens with zero attached hydrogens (tertiary/aromatic N) is 2. The van der Waals surface area contributed by atoms with Crippen LogP contribution < -0.4 is 10.6 Å². The fourth-order valence-electron chi connectivity index (χ4n) is 1.55.